The Hall–Kier alpha value is -0.380. The molecule has 0 amide bonds. The Balaban J connectivity index is 1.79. The summed E-state index contributed by atoms with van der Waals surface area (Å²) in [6, 6.07) is 2.22. The van der Waals surface area contributed by atoms with E-state index in [0.29, 0.717) is 0 Å². The monoisotopic (exact) mass is 210 g/mol. The highest BCUT2D eigenvalue weighted by Crippen LogP contribution is 2.15. The third kappa shape index (κ3) is 2.56. The van der Waals surface area contributed by atoms with E-state index in [-0.39, 0.29) is 0 Å². The predicted molar refractivity (Wildman–Crippen MR) is 61.3 cm³/mol. The Kier molecular flexibility index (Phi) is 3.56. The number of hydrogen-bond acceptors (Lipinski definition) is 3. The molecule has 14 heavy (non-hydrogen) atoms. The largest absolute Gasteiger partial charge is 0.251 e. The molecule has 1 aliphatic heterocycles. The van der Waals surface area contributed by atoms with E-state index in [1.165, 1.54) is 42.8 Å². The normalized spacial score (nSPS) is 18.6. The zero-order chi connectivity index (χ0) is 9.80. The number of aryl methyl sites for hydroxylation is 1. The topological polar surface area (TPSA) is 15.3 Å². The molecule has 0 bridgehead atoms. The van der Waals surface area contributed by atoms with Gasteiger partial charge in [0.15, 0.2) is 0 Å². The maximum atomic E-state index is 3.50. The summed E-state index contributed by atoms with van der Waals surface area (Å²) in [5.41, 5.74) is 4.95. The van der Waals surface area contributed by atoms with Crippen LogP contribution in [0, 0.1) is 6.92 Å². The number of hydrogen-bond donors (Lipinski definition) is 1. The Morgan fingerprint density at radius 2 is 2.14 bits per heavy atom. The van der Waals surface area contributed by atoms with E-state index in [9.17, 15) is 0 Å². The Morgan fingerprint density at radius 1 is 1.36 bits per heavy atom. The van der Waals surface area contributed by atoms with Gasteiger partial charge >= 0.3 is 0 Å². The summed E-state index contributed by atoms with van der Waals surface area (Å²) in [7, 11) is 0. The molecule has 0 radical (unpaired) electrons. The molecule has 0 spiro atoms. The summed E-state index contributed by atoms with van der Waals surface area (Å²) < 4.78 is 0. The lowest BCUT2D eigenvalue weighted by atomic mass is 10.2. The zero-order valence-electron chi connectivity index (χ0n) is 8.75. The van der Waals surface area contributed by atoms with Crippen LogP contribution in [0.2, 0.25) is 0 Å². The molecule has 0 unspecified atom stereocenters. The van der Waals surface area contributed by atoms with E-state index in [1.54, 1.807) is 0 Å². The van der Waals surface area contributed by atoms with Crippen LogP contribution in [0.5, 0.6) is 0 Å². The van der Waals surface area contributed by atoms with Gasteiger partial charge in [-0.2, -0.15) is 0 Å². The molecule has 78 valence electrons. The second-order valence-corrected chi connectivity index (χ2v) is 5.00. The van der Waals surface area contributed by atoms with Crippen molar-refractivity contribution in [3.63, 3.8) is 0 Å². The van der Waals surface area contributed by atoms with Crippen LogP contribution in [0.25, 0.3) is 0 Å². The maximum absolute atomic E-state index is 3.50. The van der Waals surface area contributed by atoms with E-state index < -0.39 is 0 Å². The number of thiophene rings is 1. The summed E-state index contributed by atoms with van der Waals surface area (Å²) >= 11 is 1.83. The van der Waals surface area contributed by atoms with Gasteiger partial charge in [0, 0.05) is 24.5 Å². The van der Waals surface area contributed by atoms with Gasteiger partial charge in [0.1, 0.15) is 0 Å². The molecular weight excluding hydrogens is 192 g/mol. The van der Waals surface area contributed by atoms with Crippen LogP contribution < -0.4 is 5.43 Å². The van der Waals surface area contributed by atoms with Crippen molar-refractivity contribution in [2.24, 2.45) is 0 Å². The van der Waals surface area contributed by atoms with Crippen molar-refractivity contribution >= 4 is 11.3 Å². The molecule has 1 aromatic rings. The fourth-order valence-electron chi connectivity index (χ4n) is 1.84. The SMILES string of the molecule is Cc1sccc1CNN1CCCCC1. The molecular formula is C11H18N2S. The minimum Gasteiger partial charge on any atom is -0.251 e. The standard InChI is InChI=1S/C11H18N2S/c1-10-11(5-8-14-10)9-12-13-6-3-2-4-7-13/h5,8,12H,2-4,6-7,9H2,1H3. The van der Waals surface area contributed by atoms with Crippen LogP contribution in [0.15, 0.2) is 11.4 Å². The lowest BCUT2D eigenvalue weighted by Crippen LogP contribution is -2.41. The molecule has 2 rings (SSSR count). The highest BCUT2D eigenvalue weighted by atomic mass is 32.1. The molecule has 1 aromatic heterocycles. The lowest BCUT2D eigenvalue weighted by molar-refractivity contribution is 0.151. The summed E-state index contributed by atoms with van der Waals surface area (Å²) in [4.78, 5) is 1.44. The average molecular weight is 210 g/mol. The van der Waals surface area contributed by atoms with Crippen molar-refractivity contribution in [2.75, 3.05) is 13.1 Å². The third-order valence-corrected chi connectivity index (χ3v) is 3.70. The van der Waals surface area contributed by atoms with E-state index >= 15 is 0 Å². The van der Waals surface area contributed by atoms with E-state index in [4.69, 9.17) is 0 Å². The third-order valence-electron chi connectivity index (χ3n) is 2.82. The quantitative estimate of drug-likeness (QED) is 0.825. The molecule has 3 heteroatoms. The highest BCUT2D eigenvalue weighted by molar-refractivity contribution is 7.10. The van der Waals surface area contributed by atoms with Gasteiger partial charge in [-0.15, -0.1) is 11.3 Å². The average Bonchev–Trinajstić information content (AvgIpc) is 2.63. The van der Waals surface area contributed by atoms with Gasteiger partial charge in [-0.1, -0.05) is 6.42 Å². The summed E-state index contributed by atoms with van der Waals surface area (Å²) in [5, 5.41) is 4.53. The zero-order valence-corrected chi connectivity index (χ0v) is 9.57. The maximum Gasteiger partial charge on any atom is 0.0364 e. The Bertz CT molecular complexity index is 277. The van der Waals surface area contributed by atoms with Crippen molar-refractivity contribution in [3.05, 3.63) is 21.9 Å². The van der Waals surface area contributed by atoms with Gasteiger partial charge in [-0.25, -0.2) is 5.01 Å². The second kappa shape index (κ2) is 4.91. The Morgan fingerprint density at radius 3 is 2.79 bits per heavy atom. The van der Waals surface area contributed by atoms with Crippen molar-refractivity contribution in [3.8, 4) is 0 Å². The van der Waals surface area contributed by atoms with E-state index in [2.05, 4.69) is 28.8 Å². The van der Waals surface area contributed by atoms with Gasteiger partial charge in [0.05, 0.1) is 0 Å². The minimum absolute atomic E-state index is 0.995. The van der Waals surface area contributed by atoms with Crippen LogP contribution in [0.3, 0.4) is 0 Å². The summed E-state index contributed by atoms with van der Waals surface area (Å²) in [5.74, 6) is 0. The minimum atomic E-state index is 0.995. The summed E-state index contributed by atoms with van der Waals surface area (Å²) in [6.07, 6.45) is 4.08. The first-order chi connectivity index (χ1) is 6.86. The van der Waals surface area contributed by atoms with Crippen LogP contribution in [-0.2, 0) is 6.54 Å². The van der Waals surface area contributed by atoms with Crippen LogP contribution in [0.1, 0.15) is 29.7 Å². The number of nitrogens with one attached hydrogen (secondary N) is 1. The van der Waals surface area contributed by atoms with Gasteiger partial charge in [-0.05, 0) is 36.8 Å². The number of hydrazine groups is 1. The van der Waals surface area contributed by atoms with Crippen LogP contribution in [0.4, 0.5) is 0 Å². The van der Waals surface area contributed by atoms with Gasteiger partial charge < -0.3 is 0 Å². The van der Waals surface area contributed by atoms with Gasteiger partial charge in [0.2, 0.25) is 0 Å². The molecule has 2 heterocycles. The smallest absolute Gasteiger partial charge is 0.0364 e. The van der Waals surface area contributed by atoms with E-state index in [0.717, 1.165) is 6.54 Å². The summed E-state index contributed by atoms with van der Waals surface area (Å²) in [6.45, 7) is 5.61. The van der Waals surface area contributed by atoms with Crippen molar-refractivity contribution in [1.29, 1.82) is 0 Å². The number of piperidine rings is 1. The number of rotatable bonds is 3. The van der Waals surface area contributed by atoms with Crippen molar-refractivity contribution < 1.29 is 0 Å². The molecule has 0 atom stereocenters. The first kappa shape index (κ1) is 10.1. The van der Waals surface area contributed by atoms with Crippen LogP contribution >= 0.6 is 11.3 Å². The molecule has 2 nitrogen and oxygen atoms in total. The van der Waals surface area contributed by atoms with E-state index in [1.807, 2.05) is 11.3 Å². The molecule has 0 saturated carbocycles. The number of nitrogens with zero attached hydrogens (tertiary/aromatic N) is 1. The highest BCUT2D eigenvalue weighted by Gasteiger charge is 2.09. The fraction of sp³-hybridized carbons (Fsp3) is 0.636. The second-order valence-electron chi connectivity index (χ2n) is 3.88. The van der Waals surface area contributed by atoms with Gasteiger partial charge in [0.25, 0.3) is 0 Å². The molecule has 1 saturated heterocycles. The first-order valence-electron chi connectivity index (χ1n) is 5.38. The molecule has 1 N–H and O–H groups in total. The molecule has 1 aliphatic rings. The lowest BCUT2D eigenvalue weighted by Gasteiger charge is -2.27. The molecule has 1 fully saturated rings. The van der Waals surface area contributed by atoms with Crippen molar-refractivity contribution in [2.45, 2.75) is 32.7 Å². The Labute approximate surface area is 89.9 Å². The molecule has 0 aliphatic carbocycles. The molecule has 0 aromatic carbocycles. The van der Waals surface area contributed by atoms with Crippen LogP contribution in [-0.4, -0.2) is 18.1 Å². The fourth-order valence-corrected chi connectivity index (χ4v) is 2.57. The van der Waals surface area contributed by atoms with Crippen molar-refractivity contribution in [1.82, 2.24) is 10.4 Å². The first-order valence-corrected chi connectivity index (χ1v) is 6.25. The van der Waals surface area contributed by atoms with Gasteiger partial charge in [-0.3, -0.25) is 5.43 Å². The predicted octanol–water partition coefficient (Wildman–Crippen LogP) is 2.55.